The number of para-hydroxylation sites is 1. The van der Waals surface area contributed by atoms with E-state index in [4.69, 9.17) is 5.73 Å². The Morgan fingerprint density at radius 3 is 2.56 bits per heavy atom. The maximum absolute atomic E-state index is 12.1. The number of carbonyl (C=O) groups is 1. The second-order valence-electron chi connectivity index (χ2n) is 5.43. The maximum atomic E-state index is 12.1. The van der Waals surface area contributed by atoms with Gasteiger partial charge < -0.3 is 16.4 Å². The highest BCUT2D eigenvalue weighted by molar-refractivity contribution is 6.00. The monoisotopic (exact) mass is 363 g/mol. The van der Waals surface area contributed by atoms with Crippen LogP contribution in [0.15, 0.2) is 60.9 Å². The minimum absolute atomic E-state index is 0.341. The summed E-state index contributed by atoms with van der Waals surface area (Å²) in [6.07, 6.45) is 3.28. The van der Waals surface area contributed by atoms with E-state index >= 15 is 0 Å². The summed E-state index contributed by atoms with van der Waals surface area (Å²) in [7, 11) is 0. The average molecular weight is 363 g/mol. The van der Waals surface area contributed by atoms with Crippen molar-refractivity contribution in [3.05, 3.63) is 60.9 Å². The standard InChI is InChI=1S/C17H15N7O.C2H6/c18-16-15-13(22-23-16)7-4-8-14(15)24-10-12(9-19-24)21-17(25)20-11-5-2-1-3-6-11;1-2/h1-10H,(H3,18,22,23)(H2,20,21,25);1-2H3. The van der Waals surface area contributed by atoms with E-state index in [0.29, 0.717) is 17.2 Å². The average Bonchev–Trinajstić information content (AvgIpc) is 3.31. The SMILES string of the molecule is CC.Nc1n[nH]c2cccc(-n3cc(NC(=O)Nc4ccccc4)cn3)c12. The summed E-state index contributed by atoms with van der Waals surface area (Å²) in [6.45, 7) is 4.00. The van der Waals surface area contributed by atoms with Crippen LogP contribution in [0.3, 0.4) is 0 Å². The molecule has 0 saturated carbocycles. The number of aromatic amines is 1. The molecule has 2 heterocycles. The number of nitrogens with one attached hydrogen (secondary N) is 3. The van der Waals surface area contributed by atoms with Gasteiger partial charge in [0.15, 0.2) is 5.82 Å². The van der Waals surface area contributed by atoms with Gasteiger partial charge in [0.25, 0.3) is 0 Å². The first-order chi connectivity index (χ1) is 13.2. The molecule has 0 spiro atoms. The highest BCUT2D eigenvalue weighted by Crippen LogP contribution is 2.25. The highest BCUT2D eigenvalue weighted by atomic mass is 16.2. The lowest BCUT2D eigenvalue weighted by atomic mass is 10.2. The Labute approximate surface area is 156 Å². The van der Waals surface area contributed by atoms with Gasteiger partial charge in [0.1, 0.15) is 0 Å². The number of rotatable bonds is 3. The molecule has 0 fully saturated rings. The molecule has 0 bridgehead atoms. The number of nitrogen functional groups attached to an aromatic ring is 1. The number of aromatic nitrogens is 4. The Kier molecular flexibility index (Phi) is 5.36. The zero-order chi connectivity index (χ0) is 19.2. The van der Waals surface area contributed by atoms with E-state index in [1.54, 1.807) is 17.1 Å². The van der Waals surface area contributed by atoms with Crippen LogP contribution in [0.5, 0.6) is 0 Å². The van der Waals surface area contributed by atoms with E-state index in [1.807, 2.05) is 62.4 Å². The Morgan fingerprint density at radius 1 is 1.04 bits per heavy atom. The molecule has 0 atom stereocenters. The van der Waals surface area contributed by atoms with Crippen LogP contribution in [0.25, 0.3) is 16.6 Å². The van der Waals surface area contributed by atoms with Crippen LogP contribution in [-0.4, -0.2) is 26.0 Å². The zero-order valence-electron chi connectivity index (χ0n) is 15.1. The number of benzene rings is 2. The van der Waals surface area contributed by atoms with Gasteiger partial charge in [-0.3, -0.25) is 5.10 Å². The quantitative estimate of drug-likeness (QED) is 0.440. The molecule has 0 aliphatic heterocycles. The van der Waals surface area contributed by atoms with Gasteiger partial charge in [0, 0.05) is 5.69 Å². The Bertz CT molecular complexity index is 1040. The van der Waals surface area contributed by atoms with Gasteiger partial charge in [0.2, 0.25) is 0 Å². The van der Waals surface area contributed by atoms with Crippen LogP contribution in [0.4, 0.5) is 22.0 Å². The van der Waals surface area contributed by atoms with Gasteiger partial charge >= 0.3 is 6.03 Å². The van der Waals surface area contributed by atoms with Crippen molar-refractivity contribution >= 4 is 34.1 Å². The Hall–Kier alpha value is -3.81. The van der Waals surface area contributed by atoms with E-state index in [9.17, 15) is 4.79 Å². The number of fused-ring (bicyclic) bond motifs is 1. The first kappa shape index (κ1) is 18.0. The zero-order valence-corrected chi connectivity index (χ0v) is 15.1. The van der Waals surface area contributed by atoms with Crippen molar-refractivity contribution in [3.8, 4) is 5.69 Å². The number of urea groups is 1. The molecule has 27 heavy (non-hydrogen) atoms. The predicted molar refractivity (Wildman–Crippen MR) is 108 cm³/mol. The van der Waals surface area contributed by atoms with E-state index in [2.05, 4.69) is 25.9 Å². The van der Waals surface area contributed by atoms with Crippen LogP contribution < -0.4 is 16.4 Å². The highest BCUT2D eigenvalue weighted by Gasteiger charge is 2.11. The number of hydrogen-bond acceptors (Lipinski definition) is 4. The van der Waals surface area contributed by atoms with Gasteiger partial charge in [-0.05, 0) is 24.3 Å². The summed E-state index contributed by atoms with van der Waals surface area (Å²) >= 11 is 0. The number of nitrogens with zero attached hydrogens (tertiary/aromatic N) is 3. The van der Waals surface area contributed by atoms with Gasteiger partial charge in [-0.25, -0.2) is 9.48 Å². The van der Waals surface area contributed by atoms with Crippen LogP contribution >= 0.6 is 0 Å². The number of H-pyrrole nitrogens is 1. The molecule has 138 valence electrons. The lowest BCUT2D eigenvalue weighted by Gasteiger charge is -2.05. The predicted octanol–water partition coefficient (Wildman–Crippen LogP) is 4.00. The minimum Gasteiger partial charge on any atom is -0.382 e. The third-order valence-corrected chi connectivity index (χ3v) is 3.71. The van der Waals surface area contributed by atoms with Crippen molar-refractivity contribution < 1.29 is 4.79 Å². The van der Waals surface area contributed by atoms with Crippen molar-refractivity contribution in [3.63, 3.8) is 0 Å². The first-order valence-electron chi connectivity index (χ1n) is 8.61. The molecule has 8 nitrogen and oxygen atoms in total. The fraction of sp³-hybridized carbons (Fsp3) is 0.105. The number of hydrogen-bond donors (Lipinski definition) is 4. The second kappa shape index (κ2) is 8.05. The summed E-state index contributed by atoms with van der Waals surface area (Å²) < 4.78 is 1.65. The largest absolute Gasteiger partial charge is 0.382 e. The topological polar surface area (TPSA) is 114 Å². The summed E-state index contributed by atoms with van der Waals surface area (Å²) in [6, 6.07) is 14.5. The number of nitrogens with two attached hydrogens (primary N) is 1. The molecule has 0 unspecified atom stereocenters. The number of anilines is 3. The van der Waals surface area contributed by atoms with E-state index < -0.39 is 0 Å². The summed E-state index contributed by atoms with van der Waals surface area (Å²) in [5.41, 5.74) is 8.80. The first-order valence-corrected chi connectivity index (χ1v) is 8.61. The maximum Gasteiger partial charge on any atom is 0.323 e. The Balaban J connectivity index is 0.00000102. The minimum atomic E-state index is -0.341. The molecular weight excluding hydrogens is 342 g/mol. The van der Waals surface area contributed by atoms with E-state index in [-0.39, 0.29) is 6.03 Å². The number of amides is 2. The lowest BCUT2D eigenvalue weighted by Crippen LogP contribution is -2.18. The molecule has 2 aromatic carbocycles. The molecule has 0 aliphatic rings. The van der Waals surface area contributed by atoms with Gasteiger partial charge in [-0.2, -0.15) is 10.2 Å². The summed E-state index contributed by atoms with van der Waals surface area (Å²) in [5, 5.41) is 17.5. The fourth-order valence-electron chi connectivity index (χ4n) is 2.60. The van der Waals surface area contributed by atoms with Crippen LogP contribution in [0.2, 0.25) is 0 Å². The van der Waals surface area contributed by atoms with Crippen molar-refractivity contribution in [1.82, 2.24) is 20.0 Å². The molecule has 0 radical (unpaired) electrons. The number of carbonyl (C=O) groups excluding carboxylic acids is 1. The third-order valence-electron chi connectivity index (χ3n) is 3.71. The molecule has 2 amide bonds. The van der Waals surface area contributed by atoms with E-state index in [1.165, 1.54) is 0 Å². The molecule has 4 aromatic rings. The smallest absolute Gasteiger partial charge is 0.323 e. The molecule has 0 aliphatic carbocycles. The van der Waals surface area contributed by atoms with Gasteiger partial charge in [-0.1, -0.05) is 38.1 Å². The van der Waals surface area contributed by atoms with Crippen molar-refractivity contribution in [2.75, 3.05) is 16.4 Å². The van der Waals surface area contributed by atoms with Gasteiger partial charge in [-0.15, -0.1) is 0 Å². The fourth-order valence-corrected chi connectivity index (χ4v) is 2.60. The van der Waals surface area contributed by atoms with Crippen molar-refractivity contribution in [1.29, 1.82) is 0 Å². The Morgan fingerprint density at radius 2 is 1.78 bits per heavy atom. The normalized spacial score (nSPS) is 10.1. The molecular formula is C19H21N7O. The molecule has 4 rings (SSSR count). The molecule has 5 N–H and O–H groups in total. The molecule has 0 saturated heterocycles. The van der Waals surface area contributed by atoms with Crippen LogP contribution in [0, 0.1) is 0 Å². The van der Waals surface area contributed by atoms with E-state index in [0.717, 1.165) is 16.6 Å². The van der Waals surface area contributed by atoms with Gasteiger partial charge in [0.05, 0.1) is 34.7 Å². The molecule has 2 aromatic heterocycles. The summed E-state index contributed by atoms with van der Waals surface area (Å²) in [4.78, 5) is 12.1. The van der Waals surface area contributed by atoms with Crippen LogP contribution in [0.1, 0.15) is 13.8 Å². The molecule has 8 heteroatoms. The lowest BCUT2D eigenvalue weighted by molar-refractivity contribution is 0.262. The third kappa shape index (κ3) is 3.90. The summed E-state index contributed by atoms with van der Waals surface area (Å²) in [5.74, 6) is 0.400. The van der Waals surface area contributed by atoms with Crippen molar-refractivity contribution in [2.24, 2.45) is 0 Å². The second-order valence-corrected chi connectivity index (χ2v) is 5.43. The van der Waals surface area contributed by atoms with Crippen LogP contribution in [-0.2, 0) is 0 Å². The van der Waals surface area contributed by atoms with Crippen molar-refractivity contribution in [2.45, 2.75) is 13.8 Å².